The maximum absolute atomic E-state index is 13.0. The summed E-state index contributed by atoms with van der Waals surface area (Å²) < 4.78 is 42.5. The summed E-state index contributed by atoms with van der Waals surface area (Å²) in [7, 11) is 1.77. The predicted octanol–water partition coefficient (Wildman–Crippen LogP) is 6.08. The van der Waals surface area contributed by atoms with E-state index in [2.05, 4.69) is 15.4 Å². The van der Waals surface area contributed by atoms with Crippen LogP contribution in [0.2, 0.25) is 5.15 Å². The van der Waals surface area contributed by atoms with Crippen LogP contribution in [0.4, 0.5) is 13.2 Å². The van der Waals surface area contributed by atoms with Crippen LogP contribution in [0.15, 0.2) is 67.0 Å². The number of fused-ring (bicyclic) bond motifs is 3. The van der Waals surface area contributed by atoms with Crippen LogP contribution in [-0.4, -0.2) is 25.2 Å². The van der Waals surface area contributed by atoms with E-state index in [4.69, 9.17) is 11.6 Å². The molecular formula is C25H19ClF3N5O. The van der Waals surface area contributed by atoms with E-state index < -0.39 is 11.7 Å². The number of alkyl halides is 3. The molecule has 0 saturated heterocycles. The Bertz CT molecular complexity index is 1550. The average molecular weight is 498 g/mol. The lowest BCUT2D eigenvalue weighted by Gasteiger charge is -2.14. The summed E-state index contributed by atoms with van der Waals surface area (Å²) in [5.41, 5.74) is 2.39. The van der Waals surface area contributed by atoms with Crippen LogP contribution in [0.25, 0.3) is 27.6 Å². The molecule has 0 bridgehead atoms. The zero-order chi connectivity index (χ0) is 24.9. The zero-order valence-corrected chi connectivity index (χ0v) is 19.4. The third-order valence-electron chi connectivity index (χ3n) is 5.86. The van der Waals surface area contributed by atoms with Gasteiger partial charge in [0.2, 0.25) is 0 Å². The minimum absolute atomic E-state index is 0.270. The van der Waals surface area contributed by atoms with Crippen molar-refractivity contribution in [3.8, 4) is 5.69 Å². The van der Waals surface area contributed by atoms with E-state index in [0.29, 0.717) is 22.1 Å². The van der Waals surface area contributed by atoms with Crippen molar-refractivity contribution in [3.63, 3.8) is 0 Å². The molecule has 35 heavy (non-hydrogen) atoms. The molecule has 3 heterocycles. The lowest BCUT2D eigenvalue weighted by atomic mass is 10.1. The number of carbonyl (C=O) groups is 1. The molecule has 5 rings (SSSR count). The van der Waals surface area contributed by atoms with Gasteiger partial charge in [0, 0.05) is 41.5 Å². The summed E-state index contributed by atoms with van der Waals surface area (Å²) in [5.74, 6) is -0.270. The number of benzene rings is 2. The molecule has 0 saturated carbocycles. The highest BCUT2D eigenvalue weighted by Crippen LogP contribution is 2.34. The number of aryl methyl sites for hydroxylation is 1. The quantitative estimate of drug-likeness (QED) is 0.306. The van der Waals surface area contributed by atoms with Crippen LogP contribution < -0.4 is 5.32 Å². The fraction of sp³-hybridized carbons (Fsp3) is 0.160. The Balaban J connectivity index is 1.54. The van der Waals surface area contributed by atoms with Crippen LogP contribution in [-0.2, 0) is 13.2 Å². The normalized spacial score (nSPS) is 12.9. The van der Waals surface area contributed by atoms with Gasteiger partial charge in [-0.05, 0) is 61.0 Å². The lowest BCUT2D eigenvalue weighted by Crippen LogP contribution is -2.26. The predicted molar refractivity (Wildman–Crippen MR) is 128 cm³/mol. The summed E-state index contributed by atoms with van der Waals surface area (Å²) in [6.07, 6.45) is -0.985. The van der Waals surface area contributed by atoms with Gasteiger partial charge in [-0.25, -0.2) is 4.98 Å². The van der Waals surface area contributed by atoms with Crippen molar-refractivity contribution in [2.24, 2.45) is 7.05 Å². The molecule has 0 unspecified atom stereocenters. The third kappa shape index (κ3) is 4.23. The molecule has 10 heteroatoms. The van der Waals surface area contributed by atoms with E-state index in [1.165, 1.54) is 12.1 Å². The lowest BCUT2D eigenvalue weighted by molar-refractivity contribution is -0.137. The van der Waals surface area contributed by atoms with Crippen molar-refractivity contribution in [2.75, 3.05) is 0 Å². The van der Waals surface area contributed by atoms with Crippen molar-refractivity contribution in [1.29, 1.82) is 0 Å². The SMILES string of the molecule is C[C@H](NC(=O)c1ccc2c(c1)c1cn(C)nc1n2-c1ccc(C(F)(F)F)cc1)c1ccc(Cl)nc1. The first-order chi connectivity index (χ1) is 16.6. The number of rotatable bonds is 4. The van der Waals surface area contributed by atoms with Crippen molar-refractivity contribution in [3.05, 3.63) is 88.8 Å². The number of carbonyl (C=O) groups excluding carboxylic acids is 1. The molecule has 0 fully saturated rings. The second kappa shape index (κ2) is 8.42. The number of nitrogens with one attached hydrogen (secondary N) is 1. The largest absolute Gasteiger partial charge is 0.416 e. The Morgan fingerprint density at radius 3 is 2.46 bits per heavy atom. The molecule has 0 aliphatic carbocycles. The molecule has 2 aromatic carbocycles. The van der Waals surface area contributed by atoms with E-state index in [0.717, 1.165) is 34.0 Å². The summed E-state index contributed by atoms with van der Waals surface area (Å²) in [6.45, 7) is 1.85. The first kappa shape index (κ1) is 22.9. The molecule has 3 aromatic heterocycles. The molecule has 0 aliphatic heterocycles. The average Bonchev–Trinajstić information content (AvgIpc) is 3.33. The summed E-state index contributed by atoms with van der Waals surface area (Å²) in [6, 6.07) is 13.3. The van der Waals surface area contributed by atoms with Crippen LogP contribution in [0, 0.1) is 0 Å². The van der Waals surface area contributed by atoms with Gasteiger partial charge in [-0.1, -0.05) is 17.7 Å². The fourth-order valence-electron chi connectivity index (χ4n) is 4.10. The molecule has 0 spiro atoms. The number of aromatic nitrogens is 4. The van der Waals surface area contributed by atoms with Crippen LogP contribution in [0.3, 0.4) is 0 Å². The van der Waals surface area contributed by atoms with E-state index in [9.17, 15) is 18.0 Å². The minimum Gasteiger partial charge on any atom is -0.345 e. The molecule has 1 atom stereocenters. The van der Waals surface area contributed by atoms with Gasteiger partial charge in [-0.15, -0.1) is 0 Å². The smallest absolute Gasteiger partial charge is 0.345 e. The molecule has 1 N–H and O–H groups in total. The Labute approximate surface area is 202 Å². The molecular weight excluding hydrogens is 479 g/mol. The first-order valence-electron chi connectivity index (χ1n) is 10.7. The van der Waals surface area contributed by atoms with Gasteiger partial charge in [0.25, 0.3) is 5.91 Å². The number of pyridine rings is 1. The van der Waals surface area contributed by atoms with Crippen molar-refractivity contribution >= 4 is 39.4 Å². The number of amides is 1. The van der Waals surface area contributed by atoms with Crippen LogP contribution >= 0.6 is 11.6 Å². The van der Waals surface area contributed by atoms with Gasteiger partial charge < -0.3 is 5.32 Å². The number of hydrogen-bond donors (Lipinski definition) is 1. The van der Waals surface area contributed by atoms with E-state index in [1.54, 1.807) is 52.8 Å². The van der Waals surface area contributed by atoms with Crippen molar-refractivity contribution in [1.82, 2.24) is 24.6 Å². The van der Waals surface area contributed by atoms with Gasteiger partial charge in [-0.2, -0.15) is 18.3 Å². The standard InChI is InChI=1S/C25H19ClF3N5O/c1-14(16-4-10-22(26)30-12-16)31-24(35)15-3-9-21-19(11-15)20-13-33(2)32-23(20)34(21)18-7-5-17(6-8-18)25(27,28)29/h3-14H,1-2H3,(H,31,35)/t14-/m0/s1. The Morgan fingerprint density at radius 1 is 1.06 bits per heavy atom. The van der Waals surface area contributed by atoms with E-state index in [1.807, 2.05) is 13.1 Å². The van der Waals surface area contributed by atoms with E-state index in [-0.39, 0.29) is 11.9 Å². The monoisotopic (exact) mass is 497 g/mol. The molecule has 0 radical (unpaired) electrons. The maximum Gasteiger partial charge on any atom is 0.416 e. The second-order valence-corrected chi connectivity index (χ2v) is 8.65. The Morgan fingerprint density at radius 2 is 1.80 bits per heavy atom. The third-order valence-corrected chi connectivity index (χ3v) is 6.09. The summed E-state index contributed by atoms with van der Waals surface area (Å²) in [5, 5.41) is 9.38. The number of nitrogens with zero attached hydrogens (tertiary/aromatic N) is 4. The van der Waals surface area contributed by atoms with Gasteiger partial charge in [0.1, 0.15) is 5.15 Å². The highest BCUT2D eigenvalue weighted by atomic mass is 35.5. The maximum atomic E-state index is 13.0. The number of hydrogen-bond acceptors (Lipinski definition) is 3. The first-order valence-corrected chi connectivity index (χ1v) is 11.1. The fourth-order valence-corrected chi connectivity index (χ4v) is 4.21. The minimum atomic E-state index is -4.42. The van der Waals surface area contributed by atoms with Crippen LogP contribution in [0.5, 0.6) is 0 Å². The molecule has 0 aliphatic rings. The Kier molecular flexibility index (Phi) is 5.52. The van der Waals surface area contributed by atoms with Gasteiger partial charge in [-0.3, -0.25) is 14.0 Å². The molecule has 6 nitrogen and oxygen atoms in total. The van der Waals surface area contributed by atoms with Gasteiger partial charge >= 0.3 is 6.18 Å². The van der Waals surface area contributed by atoms with Gasteiger partial charge in [0.15, 0.2) is 5.65 Å². The van der Waals surface area contributed by atoms with Crippen LogP contribution in [0.1, 0.15) is 34.5 Å². The molecule has 178 valence electrons. The highest BCUT2D eigenvalue weighted by molar-refractivity contribution is 6.29. The van der Waals surface area contributed by atoms with Gasteiger partial charge in [0.05, 0.1) is 17.1 Å². The highest BCUT2D eigenvalue weighted by Gasteiger charge is 2.30. The molecule has 1 amide bonds. The van der Waals surface area contributed by atoms with E-state index >= 15 is 0 Å². The topological polar surface area (TPSA) is 64.7 Å². The Hall–Kier alpha value is -3.85. The summed E-state index contributed by atoms with van der Waals surface area (Å²) >= 11 is 5.84. The zero-order valence-electron chi connectivity index (χ0n) is 18.6. The second-order valence-electron chi connectivity index (χ2n) is 8.26. The molecule has 5 aromatic rings. The summed E-state index contributed by atoms with van der Waals surface area (Å²) in [4.78, 5) is 17.0. The van der Waals surface area contributed by atoms with Crippen molar-refractivity contribution < 1.29 is 18.0 Å². The van der Waals surface area contributed by atoms with Crippen molar-refractivity contribution in [2.45, 2.75) is 19.1 Å². The number of halogens is 4.